The number of halogens is 1. The molecule has 0 aliphatic rings. The molecule has 3 rings (SSSR count). The maximum atomic E-state index is 13.7. The molecule has 0 bridgehead atoms. The second-order valence-corrected chi connectivity index (χ2v) is 6.18. The van der Waals surface area contributed by atoms with Gasteiger partial charge in [-0.15, -0.1) is 0 Å². The maximum Gasteiger partial charge on any atom is 0.123 e. The molecule has 0 heterocycles. The Balaban J connectivity index is 2.12. The monoisotopic (exact) mass is 329 g/mol. The number of hydrogen-bond acceptors (Lipinski definition) is 1. The molecule has 0 fully saturated rings. The second-order valence-electron chi connectivity index (χ2n) is 6.18. The lowest BCUT2D eigenvalue weighted by molar-refractivity contribution is 0.628. The Kier molecular flexibility index (Phi) is 5.26. The highest BCUT2D eigenvalue weighted by Gasteiger charge is 2.10. The lowest BCUT2D eigenvalue weighted by Gasteiger charge is -2.13. The standard InChI is InChI=1S/C23H20FN/c1-2-3-5-17-10-13-22(20-6-4-7-21(24)15-20)23(14-17)19-11-8-18(16-25)9-12-19/h4,6-15H,2-3,5H2,1H3. The van der Waals surface area contributed by atoms with E-state index in [4.69, 9.17) is 5.26 Å². The molecule has 2 heteroatoms. The summed E-state index contributed by atoms with van der Waals surface area (Å²) in [6.45, 7) is 2.18. The van der Waals surface area contributed by atoms with Crippen LogP contribution in [0, 0.1) is 17.1 Å². The fourth-order valence-electron chi connectivity index (χ4n) is 3.00. The van der Waals surface area contributed by atoms with Gasteiger partial charge in [0.1, 0.15) is 5.82 Å². The van der Waals surface area contributed by atoms with Crippen LogP contribution in [0.2, 0.25) is 0 Å². The van der Waals surface area contributed by atoms with Crippen molar-refractivity contribution in [3.05, 3.63) is 83.7 Å². The Bertz CT molecular complexity index is 904. The Hall–Kier alpha value is -2.92. The fraction of sp³-hybridized carbons (Fsp3) is 0.174. The normalized spacial score (nSPS) is 10.4. The van der Waals surface area contributed by atoms with Crippen molar-refractivity contribution in [3.63, 3.8) is 0 Å². The fourth-order valence-corrected chi connectivity index (χ4v) is 3.00. The maximum absolute atomic E-state index is 13.7. The largest absolute Gasteiger partial charge is 0.207 e. The SMILES string of the molecule is CCCCc1ccc(-c2cccc(F)c2)c(-c2ccc(C#N)cc2)c1. The minimum atomic E-state index is -0.238. The zero-order valence-corrected chi connectivity index (χ0v) is 14.3. The van der Waals surface area contributed by atoms with Gasteiger partial charge in [0.25, 0.3) is 0 Å². The van der Waals surface area contributed by atoms with E-state index in [-0.39, 0.29) is 5.82 Å². The van der Waals surface area contributed by atoms with Gasteiger partial charge in [-0.25, -0.2) is 4.39 Å². The molecule has 25 heavy (non-hydrogen) atoms. The summed E-state index contributed by atoms with van der Waals surface area (Å²) in [5.74, 6) is -0.238. The van der Waals surface area contributed by atoms with Crippen molar-refractivity contribution in [2.45, 2.75) is 26.2 Å². The Morgan fingerprint density at radius 1 is 0.880 bits per heavy atom. The van der Waals surface area contributed by atoms with Crippen LogP contribution in [0.15, 0.2) is 66.7 Å². The van der Waals surface area contributed by atoms with Gasteiger partial charge in [0.15, 0.2) is 0 Å². The van der Waals surface area contributed by atoms with Crippen molar-refractivity contribution in [2.75, 3.05) is 0 Å². The van der Waals surface area contributed by atoms with Crippen molar-refractivity contribution in [2.24, 2.45) is 0 Å². The predicted molar refractivity (Wildman–Crippen MR) is 101 cm³/mol. The summed E-state index contributed by atoms with van der Waals surface area (Å²) in [6, 6.07) is 22.8. The first-order valence-electron chi connectivity index (χ1n) is 8.60. The van der Waals surface area contributed by atoms with E-state index in [1.807, 2.05) is 30.3 Å². The zero-order chi connectivity index (χ0) is 17.6. The van der Waals surface area contributed by atoms with Gasteiger partial charge in [-0.2, -0.15) is 5.26 Å². The first-order chi connectivity index (χ1) is 12.2. The molecule has 124 valence electrons. The minimum absolute atomic E-state index is 0.238. The second kappa shape index (κ2) is 7.77. The lowest BCUT2D eigenvalue weighted by atomic mass is 9.91. The summed E-state index contributed by atoms with van der Waals surface area (Å²) in [5, 5.41) is 9.01. The molecule has 0 aliphatic carbocycles. The number of aryl methyl sites for hydroxylation is 1. The molecular formula is C23H20FN. The molecule has 0 aromatic heterocycles. The van der Waals surface area contributed by atoms with Gasteiger partial charge < -0.3 is 0 Å². The highest BCUT2D eigenvalue weighted by molar-refractivity contribution is 5.84. The number of rotatable bonds is 5. The molecule has 0 unspecified atom stereocenters. The van der Waals surface area contributed by atoms with E-state index in [9.17, 15) is 4.39 Å². The van der Waals surface area contributed by atoms with Crippen molar-refractivity contribution in [1.29, 1.82) is 5.26 Å². The van der Waals surface area contributed by atoms with Crippen LogP contribution >= 0.6 is 0 Å². The summed E-state index contributed by atoms with van der Waals surface area (Å²) in [7, 11) is 0. The Morgan fingerprint density at radius 3 is 2.36 bits per heavy atom. The van der Waals surface area contributed by atoms with E-state index in [2.05, 4.69) is 31.2 Å². The van der Waals surface area contributed by atoms with Gasteiger partial charge in [-0.1, -0.05) is 55.8 Å². The Labute approximate surface area is 148 Å². The van der Waals surface area contributed by atoms with Crippen LogP contribution in [0.5, 0.6) is 0 Å². The number of hydrogen-bond donors (Lipinski definition) is 0. The third-order valence-corrected chi connectivity index (χ3v) is 4.36. The molecule has 3 aromatic carbocycles. The van der Waals surface area contributed by atoms with E-state index in [1.165, 1.54) is 11.6 Å². The van der Waals surface area contributed by atoms with Crippen LogP contribution in [-0.2, 0) is 6.42 Å². The first-order valence-corrected chi connectivity index (χ1v) is 8.60. The molecular weight excluding hydrogens is 309 g/mol. The van der Waals surface area contributed by atoms with E-state index >= 15 is 0 Å². The zero-order valence-electron chi connectivity index (χ0n) is 14.3. The summed E-state index contributed by atoms with van der Waals surface area (Å²) < 4.78 is 13.7. The molecule has 0 spiro atoms. The van der Waals surface area contributed by atoms with E-state index in [0.717, 1.165) is 41.5 Å². The Morgan fingerprint density at radius 2 is 1.68 bits per heavy atom. The number of nitriles is 1. The number of benzene rings is 3. The van der Waals surface area contributed by atoms with Gasteiger partial charge in [-0.3, -0.25) is 0 Å². The molecule has 0 saturated carbocycles. The van der Waals surface area contributed by atoms with Crippen LogP contribution in [0.1, 0.15) is 30.9 Å². The van der Waals surface area contributed by atoms with E-state index < -0.39 is 0 Å². The summed E-state index contributed by atoms with van der Waals surface area (Å²) >= 11 is 0. The van der Waals surface area contributed by atoms with Crippen LogP contribution < -0.4 is 0 Å². The molecule has 0 radical (unpaired) electrons. The van der Waals surface area contributed by atoms with Gasteiger partial charge in [-0.05, 0) is 64.9 Å². The van der Waals surface area contributed by atoms with Crippen molar-refractivity contribution in [1.82, 2.24) is 0 Å². The predicted octanol–water partition coefficient (Wildman–Crippen LogP) is 6.37. The van der Waals surface area contributed by atoms with Crippen LogP contribution in [-0.4, -0.2) is 0 Å². The van der Waals surface area contributed by atoms with Gasteiger partial charge in [0, 0.05) is 0 Å². The lowest BCUT2D eigenvalue weighted by Crippen LogP contribution is -1.91. The number of unbranched alkanes of at least 4 members (excludes halogenated alkanes) is 1. The summed E-state index contributed by atoms with van der Waals surface area (Å²) in [5.41, 5.74) is 5.89. The first kappa shape index (κ1) is 16.9. The smallest absolute Gasteiger partial charge is 0.123 e. The van der Waals surface area contributed by atoms with Gasteiger partial charge >= 0.3 is 0 Å². The summed E-state index contributed by atoms with van der Waals surface area (Å²) in [6.07, 6.45) is 3.33. The molecule has 0 amide bonds. The van der Waals surface area contributed by atoms with E-state index in [1.54, 1.807) is 12.1 Å². The average Bonchev–Trinajstić information content (AvgIpc) is 2.66. The van der Waals surface area contributed by atoms with Crippen LogP contribution in [0.3, 0.4) is 0 Å². The third kappa shape index (κ3) is 3.95. The topological polar surface area (TPSA) is 23.8 Å². The molecule has 0 atom stereocenters. The van der Waals surface area contributed by atoms with Crippen LogP contribution in [0.4, 0.5) is 4.39 Å². The summed E-state index contributed by atoms with van der Waals surface area (Å²) in [4.78, 5) is 0. The molecule has 0 N–H and O–H groups in total. The highest BCUT2D eigenvalue weighted by atomic mass is 19.1. The quantitative estimate of drug-likeness (QED) is 0.533. The van der Waals surface area contributed by atoms with E-state index in [0.29, 0.717) is 5.56 Å². The molecule has 0 saturated heterocycles. The number of nitrogens with zero attached hydrogens (tertiary/aromatic N) is 1. The van der Waals surface area contributed by atoms with Gasteiger partial charge in [0.2, 0.25) is 0 Å². The molecule has 0 aliphatic heterocycles. The molecule has 1 nitrogen and oxygen atoms in total. The van der Waals surface area contributed by atoms with Crippen molar-refractivity contribution >= 4 is 0 Å². The van der Waals surface area contributed by atoms with Gasteiger partial charge in [0.05, 0.1) is 11.6 Å². The third-order valence-electron chi connectivity index (χ3n) is 4.36. The molecule has 3 aromatic rings. The highest BCUT2D eigenvalue weighted by Crippen LogP contribution is 2.34. The minimum Gasteiger partial charge on any atom is -0.207 e. The van der Waals surface area contributed by atoms with Crippen LogP contribution in [0.25, 0.3) is 22.3 Å². The van der Waals surface area contributed by atoms with Crippen molar-refractivity contribution < 1.29 is 4.39 Å². The van der Waals surface area contributed by atoms with Crippen molar-refractivity contribution in [3.8, 4) is 28.3 Å². The average molecular weight is 329 g/mol.